The van der Waals surface area contributed by atoms with Gasteiger partial charge in [0.05, 0.1) is 18.5 Å². The molecule has 3 atom stereocenters. The summed E-state index contributed by atoms with van der Waals surface area (Å²) in [5, 5.41) is 12.1. The van der Waals surface area contributed by atoms with Crippen molar-refractivity contribution in [3.63, 3.8) is 0 Å². The zero-order valence-corrected chi connectivity index (χ0v) is 25.0. The van der Waals surface area contributed by atoms with Crippen LogP contribution in [0.3, 0.4) is 0 Å². The van der Waals surface area contributed by atoms with Gasteiger partial charge in [0.15, 0.2) is 5.82 Å². The van der Waals surface area contributed by atoms with Crippen LogP contribution in [0, 0.1) is 17.1 Å². The van der Waals surface area contributed by atoms with E-state index in [1.54, 1.807) is 23.1 Å². The SMILES string of the molecule is C=CC(=O)N1CCN(c2nc(OC[C@@H]3C[C@@H](F)CN3C)nc3c(F)c(-c4cccc5cccc(Cl)c45)ccc23)C[C@@H]1CC#N. The van der Waals surface area contributed by atoms with Gasteiger partial charge in [0.25, 0.3) is 0 Å². The van der Waals surface area contributed by atoms with Gasteiger partial charge in [-0.05, 0) is 42.6 Å². The molecule has 0 spiro atoms. The van der Waals surface area contributed by atoms with Gasteiger partial charge in [0, 0.05) is 53.6 Å². The Balaban J connectivity index is 1.45. The van der Waals surface area contributed by atoms with E-state index in [9.17, 15) is 14.4 Å². The number of halogens is 3. The monoisotopic (exact) mass is 616 g/mol. The number of benzene rings is 3. The van der Waals surface area contributed by atoms with Crippen LogP contribution in [0.4, 0.5) is 14.6 Å². The molecule has 6 rings (SSSR count). The number of rotatable bonds is 7. The number of aromatic nitrogens is 2. The van der Waals surface area contributed by atoms with E-state index in [4.69, 9.17) is 21.3 Å². The van der Waals surface area contributed by atoms with Crippen molar-refractivity contribution in [2.45, 2.75) is 31.1 Å². The fourth-order valence-corrected chi connectivity index (χ4v) is 6.56. The Bertz CT molecular complexity index is 1790. The Morgan fingerprint density at radius 2 is 1.93 bits per heavy atom. The molecule has 0 aliphatic carbocycles. The van der Waals surface area contributed by atoms with E-state index < -0.39 is 18.0 Å². The number of alkyl halides is 1. The van der Waals surface area contributed by atoms with Crippen LogP contribution in [-0.4, -0.2) is 83.8 Å². The summed E-state index contributed by atoms with van der Waals surface area (Å²) in [6, 6.07) is 16.2. The van der Waals surface area contributed by atoms with Gasteiger partial charge in [-0.2, -0.15) is 15.2 Å². The third kappa shape index (κ3) is 5.53. The van der Waals surface area contributed by atoms with E-state index >= 15 is 4.39 Å². The highest BCUT2D eigenvalue weighted by Gasteiger charge is 2.33. The second-order valence-electron chi connectivity index (χ2n) is 11.2. The fourth-order valence-electron chi connectivity index (χ4n) is 6.27. The summed E-state index contributed by atoms with van der Waals surface area (Å²) in [4.78, 5) is 27.2. The molecule has 3 aromatic carbocycles. The number of piperazine rings is 1. The number of hydrogen-bond acceptors (Lipinski definition) is 7. The number of carbonyl (C=O) groups excluding carboxylic acids is 1. The lowest BCUT2D eigenvalue weighted by Gasteiger charge is -2.41. The molecule has 2 aliphatic rings. The second-order valence-corrected chi connectivity index (χ2v) is 11.6. The maximum absolute atomic E-state index is 16.6. The smallest absolute Gasteiger partial charge is 0.319 e. The summed E-state index contributed by atoms with van der Waals surface area (Å²) in [5.74, 6) is -0.375. The molecule has 2 saturated heterocycles. The summed E-state index contributed by atoms with van der Waals surface area (Å²) < 4.78 is 36.7. The van der Waals surface area contributed by atoms with Gasteiger partial charge in [-0.1, -0.05) is 54.6 Å². The van der Waals surface area contributed by atoms with Crippen molar-refractivity contribution in [3.8, 4) is 23.2 Å². The molecule has 4 aromatic rings. The second kappa shape index (κ2) is 12.3. The van der Waals surface area contributed by atoms with Crippen molar-refractivity contribution < 1.29 is 18.3 Å². The third-order valence-corrected chi connectivity index (χ3v) is 8.83. The van der Waals surface area contributed by atoms with Gasteiger partial charge in [0.1, 0.15) is 24.1 Å². The first-order valence-electron chi connectivity index (χ1n) is 14.5. The topological polar surface area (TPSA) is 85.6 Å². The lowest BCUT2D eigenvalue weighted by atomic mass is 9.96. The highest BCUT2D eigenvalue weighted by Crippen LogP contribution is 2.39. The summed E-state index contributed by atoms with van der Waals surface area (Å²) in [7, 11) is 1.83. The highest BCUT2D eigenvalue weighted by atomic mass is 35.5. The molecule has 226 valence electrons. The number of likely N-dealkylation sites (tertiary alicyclic amines) is 1. The minimum absolute atomic E-state index is 0.0309. The Kier molecular flexibility index (Phi) is 8.34. The van der Waals surface area contributed by atoms with Crippen LogP contribution in [0.15, 0.2) is 61.2 Å². The Morgan fingerprint density at radius 3 is 2.66 bits per heavy atom. The maximum atomic E-state index is 16.6. The molecule has 0 unspecified atom stereocenters. The number of amides is 1. The highest BCUT2D eigenvalue weighted by molar-refractivity contribution is 6.36. The van der Waals surface area contributed by atoms with E-state index in [0.717, 1.165) is 10.8 Å². The number of anilines is 1. The fraction of sp³-hybridized carbons (Fsp3) is 0.333. The van der Waals surface area contributed by atoms with Crippen molar-refractivity contribution in [2.75, 3.05) is 44.7 Å². The van der Waals surface area contributed by atoms with Crippen LogP contribution in [-0.2, 0) is 4.79 Å². The number of hydrogen-bond donors (Lipinski definition) is 0. The number of carbonyl (C=O) groups is 1. The Labute approximate surface area is 259 Å². The zero-order valence-electron chi connectivity index (χ0n) is 24.2. The van der Waals surface area contributed by atoms with E-state index in [0.29, 0.717) is 60.0 Å². The first-order chi connectivity index (χ1) is 21.3. The molecular weight excluding hydrogens is 586 g/mol. The number of likely N-dealkylation sites (N-methyl/N-ethyl adjacent to an activating group) is 1. The molecule has 8 nitrogen and oxygen atoms in total. The Hall–Kier alpha value is -4.33. The normalized spacial score (nSPS) is 20.7. The van der Waals surface area contributed by atoms with Crippen LogP contribution in [0.2, 0.25) is 5.02 Å². The van der Waals surface area contributed by atoms with Crippen LogP contribution in [0.5, 0.6) is 6.01 Å². The number of ether oxygens (including phenoxy) is 1. The van der Waals surface area contributed by atoms with Gasteiger partial charge in [0.2, 0.25) is 5.91 Å². The molecular formula is C33H31ClF2N6O2. The maximum Gasteiger partial charge on any atom is 0.319 e. The minimum Gasteiger partial charge on any atom is -0.462 e. The molecule has 1 aromatic heterocycles. The number of fused-ring (bicyclic) bond motifs is 2. The van der Waals surface area contributed by atoms with Gasteiger partial charge in [-0.25, -0.2) is 8.78 Å². The van der Waals surface area contributed by atoms with Gasteiger partial charge < -0.3 is 14.5 Å². The van der Waals surface area contributed by atoms with E-state index in [-0.39, 0.29) is 36.5 Å². The predicted molar refractivity (Wildman–Crippen MR) is 167 cm³/mol. The average molecular weight is 617 g/mol. The predicted octanol–water partition coefficient (Wildman–Crippen LogP) is 5.78. The van der Waals surface area contributed by atoms with E-state index in [1.165, 1.54) is 6.08 Å². The van der Waals surface area contributed by atoms with Crippen molar-refractivity contribution in [1.29, 1.82) is 5.26 Å². The van der Waals surface area contributed by atoms with Gasteiger partial charge >= 0.3 is 6.01 Å². The molecule has 3 heterocycles. The van der Waals surface area contributed by atoms with E-state index in [1.807, 2.05) is 47.2 Å². The molecule has 0 N–H and O–H groups in total. The van der Waals surface area contributed by atoms with Crippen molar-refractivity contribution in [3.05, 3.63) is 72.0 Å². The lowest BCUT2D eigenvalue weighted by Crippen LogP contribution is -2.55. The molecule has 44 heavy (non-hydrogen) atoms. The molecule has 1 amide bonds. The third-order valence-electron chi connectivity index (χ3n) is 8.52. The first-order valence-corrected chi connectivity index (χ1v) is 14.9. The first kappa shape index (κ1) is 29.7. The molecule has 2 aliphatic heterocycles. The van der Waals surface area contributed by atoms with Crippen molar-refractivity contribution >= 4 is 45.0 Å². The van der Waals surface area contributed by atoms with Crippen LogP contribution < -0.4 is 9.64 Å². The molecule has 0 bridgehead atoms. The zero-order chi connectivity index (χ0) is 31.0. The molecule has 0 saturated carbocycles. The van der Waals surface area contributed by atoms with Crippen LogP contribution in [0.25, 0.3) is 32.8 Å². The lowest BCUT2D eigenvalue weighted by molar-refractivity contribution is -0.128. The van der Waals surface area contributed by atoms with Crippen LogP contribution in [0.1, 0.15) is 12.8 Å². The largest absolute Gasteiger partial charge is 0.462 e. The van der Waals surface area contributed by atoms with E-state index in [2.05, 4.69) is 17.6 Å². The summed E-state index contributed by atoms with van der Waals surface area (Å²) >= 11 is 6.58. The average Bonchev–Trinajstić information content (AvgIpc) is 3.36. The van der Waals surface area contributed by atoms with Crippen molar-refractivity contribution in [1.82, 2.24) is 19.8 Å². The van der Waals surface area contributed by atoms with Gasteiger partial charge in [-0.15, -0.1) is 0 Å². The van der Waals surface area contributed by atoms with Crippen LogP contribution >= 0.6 is 11.6 Å². The Morgan fingerprint density at radius 1 is 1.14 bits per heavy atom. The number of nitriles is 1. The molecule has 11 heteroatoms. The van der Waals surface area contributed by atoms with Gasteiger partial charge in [-0.3, -0.25) is 9.69 Å². The molecule has 2 fully saturated rings. The summed E-state index contributed by atoms with van der Waals surface area (Å²) in [5.41, 5.74) is 1.02. The molecule has 0 radical (unpaired) electrons. The standard InChI is InChI=1S/C33H31ClF2N6O2/c1-3-28(43)42-15-14-41(18-22(42)12-13-37)32-26-11-10-25(24-8-4-6-20-7-5-9-27(34)29(20)24)30(36)31(26)38-33(39-32)44-19-23-16-21(35)17-40(23)2/h3-11,21-23H,1,12,14-19H2,2H3/t21-,22+,23+/m1/s1. The minimum atomic E-state index is -0.944. The number of nitrogens with zero attached hydrogens (tertiary/aromatic N) is 6. The van der Waals surface area contributed by atoms with Crippen molar-refractivity contribution in [2.24, 2.45) is 0 Å². The summed E-state index contributed by atoms with van der Waals surface area (Å²) in [6.07, 6.45) is 0.735. The summed E-state index contributed by atoms with van der Waals surface area (Å²) in [6.45, 7) is 5.07. The quantitative estimate of drug-likeness (QED) is 0.243.